The molecule has 1 aliphatic rings. The third-order valence-electron chi connectivity index (χ3n) is 3.63. The van der Waals surface area contributed by atoms with Crippen molar-refractivity contribution in [2.75, 3.05) is 5.32 Å². The Kier molecular flexibility index (Phi) is 2.78. The van der Waals surface area contributed by atoms with Crippen molar-refractivity contribution in [3.05, 3.63) is 46.6 Å². The van der Waals surface area contributed by atoms with Gasteiger partial charge in [-0.15, -0.1) is 0 Å². The van der Waals surface area contributed by atoms with Gasteiger partial charge in [-0.25, -0.2) is 9.37 Å². The van der Waals surface area contributed by atoms with Gasteiger partial charge in [0.15, 0.2) is 0 Å². The molecule has 0 atom stereocenters. The number of hydrogen-bond acceptors (Lipinski definition) is 4. The van der Waals surface area contributed by atoms with E-state index in [9.17, 15) is 4.39 Å². The highest BCUT2D eigenvalue weighted by Gasteiger charge is 2.21. The molecule has 0 amide bonds. The molecule has 0 saturated carbocycles. The van der Waals surface area contributed by atoms with Crippen molar-refractivity contribution in [1.29, 1.82) is 0 Å². The van der Waals surface area contributed by atoms with Crippen LogP contribution in [0, 0.1) is 5.82 Å². The first-order chi connectivity index (χ1) is 10.2. The van der Waals surface area contributed by atoms with Gasteiger partial charge in [0.05, 0.1) is 10.7 Å². The molecule has 0 bridgehead atoms. The van der Waals surface area contributed by atoms with Crippen LogP contribution in [0.25, 0.3) is 5.78 Å². The van der Waals surface area contributed by atoms with E-state index in [2.05, 4.69) is 20.4 Å². The summed E-state index contributed by atoms with van der Waals surface area (Å²) in [6.07, 6.45) is 4.42. The first-order valence-corrected chi connectivity index (χ1v) is 7.04. The first kappa shape index (κ1) is 12.5. The third kappa shape index (κ3) is 2.03. The first-order valence-electron chi connectivity index (χ1n) is 6.66. The topological polar surface area (TPSA) is 55.1 Å². The molecule has 1 N–H and O–H groups in total. The zero-order valence-corrected chi connectivity index (χ0v) is 11.7. The van der Waals surface area contributed by atoms with Crippen LogP contribution in [0.1, 0.15) is 17.7 Å². The average molecular weight is 304 g/mol. The molecule has 4 rings (SSSR count). The molecule has 21 heavy (non-hydrogen) atoms. The van der Waals surface area contributed by atoms with Crippen LogP contribution in [-0.4, -0.2) is 19.6 Å². The van der Waals surface area contributed by atoms with Gasteiger partial charge in [0, 0.05) is 11.3 Å². The molecule has 1 aliphatic carbocycles. The van der Waals surface area contributed by atoms with Crippen LogP contribution in [0.15, 0.2) is 24.5 Å². The fourth-order valence-electron chi connectivity index (χ4n) is 2.66. The molecule has 5 nitrogen and oxygen atoms in total. The van der Waals surface area contributed by atoms with Gasteiger partial charge < -0.3 is 5.32 Å². The maximum absolute atomic E-state index is 13.3. The van der Waals surface area contributed by atoms with Crippen LogP contribution < -0.4 is 5.32 Å². The number of hydrogen-bond donors (Lipinski definition) is 1. The van der Waals surface area contributed by atoms with E-state index in [1.807, 2.05) is 0 Å². The Bertz CT molecular complexity index is 845. The van der Waals surface area contributed by atoms with Crippen LogP contribution in [0.4, 0.5) is 15.9 Å². The van der Waals surface area contributed by atoms with E-state index in [0.717, 1.165) is 36.3 Å². The summed E-state index contributed by atoms with van der Waals surface area (Å²) in [5.41, 5.74) is 2.89. The van der Waals surface area contributed by atoms with Crippen molar-refractivity contribution in [1.82, 2.24) is 19.6 Å². The van der Waals surface area contributed by atoms with Gasteiger partial charge in [-0.05, 0) is 37.5 Å². The largest absolute Gasteiger partial charge is 0.340 e. The zero-order chi connectivity index (χ0) is 14.4. The molecule has 0 spiro atoms. The molecular weight excluding hydrogens is 293 g/mol. The second-order valence-electron chi connectivity index (χ2n) is 4.96. The molecule has 0 fully saturated rings. The fourth-order valence-corrected chi connectivity index (χ4v) is 2.84. The molecule has 2 heterocycles. The Balaban J connectivity index is 1.85. The fraction of sp³-hybridized carbons (Fsp3) is 0.214. The Morgan fingerprint density at radius 2 is 2.19 bits per heavy atom. The summed E-state index contributed by atoms with van der Waals surface area (Å²) >= 11 is 5.83. The van der Waals surface area contributed by atoms with E-state index >= 15 is 0 Å². The number of nitrogens with one attached hydrogen (secondary N) is 1. The summed E-state index contributed by atoms with van der Waals surface area (Å²) in [6, 6.07) is 4.54. The van der Waals surface area contributed by atoms with Gasteiger partial charge in [0.25, 0.3) is 5.78 Å². The Hall–Kier alpha value is -2.21. The van der Waals surface area contributed by atoms with Crippen LogP contribution in [0.5, 0.6) is 0 Å². The van der Waals surface area contributed by atoms with Crippen molar-refractivity contribution in [3.63, 3.8) is 0 Å². The van der Waals surface area contributed by atoms with Gasteiger partial charge in [0.1, 0.15) is 18.0 Å². The molecule has 0 saturated heterocycles. The van der Waals surface area contributed by atoms with E-state index in [1.54, 1.807) is 16.6 Å². The second kappa shape index (κ2) is 4.66. The minimum absolute atomic E-state index is 0.0838. The van der Waals surface area contributed by atoms with Crippen molar-refractivity contribution >= 4 is 28.9 Å². The lowest BCUT2D eigenvalue weighted by Crippen LogP contribution is -2.07. The minimum Gasteiger partial charge on any atom is -0.340 e. The molecule has 1 aromatic carbocycles. The highest BCUT2D eigenvalue weighted by molar-refractivity contribution is 6.31. The molecule has 106 valence electrons. The van der Waals surface area contributed by atoms with Crippen LogP contribution in [0.3, 0.4) is 0 Å². The number of benzene rings is 1. The highest BCUT2D eigenvalue weighted by Crippen LogP contribution is 2.30. The molecule has 0 radical (unpaired) electrons. The van der Waals surface area contributed by atoms with Gasteiger partial charge in [-0.3, -0.25) is 0 Å². The van der Waals surface area contributed by atoms with E-state index in [-0.39, 0.29) is 5.02 Å². The normalized spacial score (nSPS) is 13.6. The zero-order valence-electron chi connectivity index (χ0n) is 11.0. The lowest BCUT2D eigenvalue weighted by molar-refractivity contribution is 0.628. The summed E-state index contributed by atoms with van der Waals surface area (Å²) in [5, 5.41) is 7.56. The number of anilines is 2. The summed E-state index contributed by atoms with van der Waals surface area (Å²) in [4.78, 5) is 8.66. The number of nitrogens with zero attached hydrogens (tertiary/aromatic N) is 4. The Labute approximate surface area is 124 Å². The van der Waals surface area contributed by atoms with E-state index < -0.39 is 5.82 Å². The number of halogens is 2. The van der Waals surface area contributed by atoms with Gasteiger partial charge in [-0.2, -0.15) is 14.6 Å². The standard InChI is InChI=1S/C14H11ClFN5/c15-10-6-8(4-5-11(10)16)19-13-9-2-1-3-12(9)20-14-17-7-18-21(13)14/h4-7,19H,1-3H2. The SMILES string of the molecule is Fc1ccc(Nc2c3c(nc4ncnn24)CCC3)cc1Cl. The molecule has 0 unspecified atom stereocenters. The quantitative estimate of drug-likeness (QED) is 0.790. The summed E-state index contributed by atoms with van der Waals surface area (Å²) in [5.74, 6) is 0.951. The van der Waals surface area contributed by atoms with E-state index in [0.29, 0.717) is 11.5 Å². The molecular formula is C14H11ClFN5. The van der Waals surface area contributed by atoms with Crippen molar-refractivity contribution in [3.8, 4) is 0 Å². The number of aryl methyl sites for hydroxylation is 1. The summed E-state index contributed by atoms with van der Waals surface area (Å²) < 4.78 is 14.9. The van der Waals surface area contributed by atoms with E-state index in [1.165, 1.54) is 12.4 Å². The number of aromatic nitrogens is 4. The highest BCUT2D eigenvalue weighted by atomic mass is 35.5. The molecule has 3 aromatic rings. The van der Waals surface area contributed by atoms with Crippen LogP contribution >= 0.6 is 11.6 Å². The van der Waals surface area contributed by atoms with Gasteiger partial charge in [0.2, 0.25) is 0 Å². The molecule has 0 aliphatic heterocycles. The van der Waals surface area contributed by atoms with E-state index in [4.69, 9.17) is 11.6 Å². The maximum atomic E-state index is 13.3. The molecule has 7 heteroatoms. The monoisotopic (exact) mass is 303 g/mol. The van der Waals surface area contributed by atoms with Gasteiger partial charge in [-0.1, -0.05) is 11.6 Å². The van der Waals surface area contributed by atoms with Crippen molar-refractivity contribution < 1.29 is 4.39 Å². The number of fused-ring (bicyclic) bond motifs is 2. The second-order valence-corrected chi connectivity index (χ2v) is 5.37. The van der Waals surface area contributed by atoms with Crippen molar-refractivity contribution in [2.24, 2.45) is 0 Å². The van der Waals surface area contributed by atoms with Crippen LogP contribution in [0.2, 0.25) is 5.02 Å². The molecule has 2 aromatic heterocycles. The summed E-state index contributed by atoms with van der Waals surface area (Å²) in [6.45, 7) is 0. The van der Waals surface area contributed by atoms with Crippen molar-refractivity contribution in [2.45, 2.75) is 19.3 Å². The van der Waals surface area contributed by atoms with Crippen LogP contribution in [-0.2, 0) is 12.8 Å². The lowest BCUT2D eigenvalue weighted by Gasteiger charge is -2.12. The summed E-state index contributed by atoms with van der Waals surface area (Å²) in [7, 11) is 0. The minimum atomic E-state index is -0.437. The Morgan fingerprint density at radius 1 is 1.29 bits per heavy atom. The predicted molar refractivity (Wildman–Crippen MR) is 77.5 cm³/mol. The Morgan fingerprint density at radius 3 is 3.05 bits per heavy atom. The number of rotatable bonds is 2. The third-order valence-corrected chi connectivity index (χ3v) is 3.92. The average Bonchev–Trinajstić information content (AvgIpc) is 3.11. The predicted octanol–water partition coefficient (Wildman–Crippen LogP) is 3.15. The smallest absolute Gasteiger partial charge is 0.254 e. The van der Waals surface area contributed by atoms with Gasteiger partial charge >= 0.3 is 0 Å². The maximum Gasteiger partial charge on any atom is 0.254 e. The lowest BCUT2D eigenvalue weighted by atomic mass is 10.2.